The highest BCUT2D eigenvalue weighted by Crippen LogP contribution is 2.19. The number of likely N-dealkylation sites (tertiary alicyclic amines) is 1. The van der Waals surface area contributed by atoms with Crippen LogP contribution in [0.25, 0.3) is 0 Å². The topological polar surface area (TPSA) is 42.4 Å². The van der Waals surface area contributed by atoms with E-state index in [2.05, 4.69) is 27.8 Å². The fourth-order valence-electron chi connectivity index (χ4n) is 2.26. The molecule has 0 bridgehead atoms. The zero-order chi connectivity index (χ0) is 13.7. The molecule has 1 aliphatic rings. The summed E-state index contributed by atoms with van der Waals surface area (Å²) >= 11 is 3.33. The summed E-state index contributed by atoms with van der Waals surface area (Å²) in [5, 5.41) is 0. The summed E-state index contributed by atoms with van der Waals surface area (Å²) in [7, 11) is 0. The summed E-state index contributed by atoms with van der Waals surface area (Å²) in [4.78, 5) is 18.4. The molecule has 1 aromatic heterocycles. The first kappa shape index (κ1) is 14.5. The molecule has 1 aliphatic heterocycles. The highest BCUT2D eigenvalue weighted by molar-refractivity contribution is 9.10. The quantitative estimate of drug-likeness (QED) is 0.799. The van der Waals surface area contributed by atoms with Crippen LogP contribution in [0.15, 0.2) is 22.9 Å². The minimum atomic E-state index is 0.0322. The largest absolute Gasteiger partial charge is 0.376 e. The molecule has 1 unspecified atom stereocenters. The maximum atomic E-state index is 12.4. The number of aromatic nitrogens is 1. The van der Waals surface area contributed by atoms with Crippen LogP contribution in [0, 0.1) is 0 Å². The number of rotatable bonds is 4. The molecule has 2 heterocycles. The Morgan fingerprint density at radius 2 is 2.47 bits per heavy atom. The van der Waals surface area contributed by atoms with E-state index in [1.54, 1.807) is 18.3 Å². The first-order valence-corrected chi connectivity index (χ1v) is 7.53. The molecular formula is C14H19BrN2O2. The molecule has 0 N–H and O–H groups in total. The second kappa shape index (κ2) is 7.01. The van der Waals surface area contributed by atoms with Gasteiger partial charge in [0.05, 0.1) is 11.7 Å². The third-order valence-corrected chi connectivity index (χ3v) is 3.84. The number of halogens is 1. The lowest BCUT2D eigenvalue weighted by Crippen LogP contribution is -2.43. The van der Waals surface area contributed by atoms with Crippen LogP contribution in [0.4, 0.5) is 0 Å². The molecule has 0 spiro atoms. The SMILES string of the molecule is CCCOC1CCCN(C(=O)c2cccnc2Br)C1. The lowest BCUT2D eigenvalue weighted by atomic mass is 10.1. The van der Waals surface area contributed by atoms with Gasteiger partial charge < -0.3 is 9.64 Å². The Morgan fingerprint density at radius 1 is 1.63 bits per heavy atom. The van der Waals surface area contributed by atoms with Crippen LogP contribution in [0.1, 0.15) is 36.5 Å². The van der Waals surface area contributed by atoms with Crippen LogP contribution in [-0.2, 0) is 4.74 Å². The molecule has 0 aromatic carbocycles. The van der Waals surface area contributed by atoms with Crippen molar-refractivity contribution in [1.29, 1.82) is 0 Å². The molecule has 1 atom stereocenters. The zero-order valence-electron chi connectivity index (χ0n) is 11.1. The highest BCUT2D eigenvalue weighted by atomic mass is 79.9. The molecule has 4 nitrogen and oxygen atoms in total. The second-order valence-corrected chi connectivity index (χ2v) is 5.48. The summed E-state index contributed by atoms with van der Waals surface area (Å²) in [6.45, 7) is 4.34. The number of nitrogens with zero attached hydrogens (tertiary/aromatic N) is 2. The van der Waals surface area contributed by atoms with Gasteiger partial charge in [0.25, 0.3) is 5.91 Å². The molecule has 1 saturated heterocycles. The van der Waals surface area contributed by atoms with Crippen molar-refractivity contribution in [3.05, 3.63) is 28.5 Å². The van der Waals surface area contributed by atoms with Crippen LogP contribution in [0.2, 0.25) is 0 Å². The van der Waals surface area contributed by atoms with Gasteiger partial charge in [-0.15, -0.1) is 0 Å². The van der Waals surface area contributed by atoms with E-state index in [1.807, 2.05) is 4.90 Å². The molecule has 5 heteroatoms. The third kappa shape index (κ3) is 3.76. The van der Waals surface area contributed by atoms with E-state index in [0.717, 1.165) is 32.4 Å². The molecule has 0 saturated carbocycles. The number of hydrogen-bond donors (Lipinski definition) is 0. The molecular weight excluding hydrogens is 308 g/mol. The average Bonchev–Trinajstić information content (AvgIpc) is 2.45. The van der Waals surface area contributed by atoms with E-state index >= 15 is 0 Å². The number of carbonyl (C=O) groups is 1. The van der Waals surface area contributed by atoms with Crippen molar-refractivity contribution in [3.63, 3.8) is 0 Å². The molecule has 1 aromatic rings. The van der Waals surface area contributed by atoms with Crippen LogP contribution >= 0.6 is 15.9 Å². The molecule has 2 rings (SSSR count). The van der Waals surface area contributed by atoms with Gasteiger partial charge in [0.15, 0.2) is 0 Å². The van der Waals surface area contributed by atoms with Gasteiger partial charge in [0, 0.05) is 25.9 Å². The predicted octanol–water partition coefficient (Wildman–Crippen LogP) is 2.88. The maximum Gasteiger partial charge on any atom is 0.256 e. The van der Waals surface area contributed by atoms with Gasteiger partial charge in [0.1, 0.15) is 4.60 Å². The van der Waals surface area contributed by atoms with Crippen LogP contribution < -0.4 is 0 Å². The second-order valence-electron chi connectivity index (χ2n) is 4.73. The van der Waals surface area contributed by atoms with Crippen molar-refractivity contribution < 1.29 is 9.53 Å². The lowest BCUT2D eigenvalue weighted by molar-refractivity contribution is 0.00206. The number of ether oxygens (including phenoxy) is 1. The van der Waals surface area contributed by atoms with E-state index < -0.39 is 0 Å². The summed E-state index contributed by atoms with van der Waals surface area (Å²) < 4.78 is 6.37. The summed E-state index contributed by atoms with van der Waals surface area (Å²) in [5.41, 5.74) is 0.624. The summed E-state index contributed by atoms with van der Waals surface area (Å²) in [5.74, 6) is 0.0322. The fraction of sp³-hybridized carbons (Fsp3) is 0.571. The van der Waals surface area contributed by atoms with Crippen molar-refractivity contribution in [2.75, 3.05) is 19.7 Å². The molecule has 0 aliphatic carbocycles. The van der Waals surface area contributed by atoms with Gasteiger partial charge in [-0.2, -0.15) is 0 Å². The number of piperidine rings is 1. The zero-order valence-corrected chi connectivity index (χ0v) is 12.7. The molecule has 19 heavy (non-hydrogen) atoms. The Bertz CT molecular complexity index is 439. The summed E-state index contributed by atoms with van der Waals surface area (Å²) in [6, 6.07) is 3.59. The monoisotopic (exact) mass is 326 g/mol. The van der Waals surface area contributed by atoms with Gasteiger partial charge >= 0.3 is 0 Å². The molecule has 1 amide bonds. The van der Waals surface area contributed by atoms with Crippen molar-refractivity contribution >= 4 is 21.8 Å². The van der Waals surface area contributed by atoms with Gasteiger partial charge in [-0.25, -0.2) is 4.98 Å². The van der Waals surface area contributed by atoms with Gasteiger partial charge in [-0.3, -0.25) is 4.79 Å². The third-order valence-electron chi connectivity index (χ3n) is 3.21. The number of pyridine rings is 1. The Kier molecular flexibility index (Phi) is 5.34. The van der Waals surface area contributed by atoms with Crippen LogP contribution in [0.5, 0.6) is 0 Å². The van der Waals surface area contributed by atoms with E-state index in [1.165, 1.54) is 0 Å². The van der Waals surface area contributed by atoms with Gasteiger partial charge in [-0.1, -0.05) is 6.92 Å². The first-order chi connectivity index (χ1) is 9.22. The van der Waals surface area contributed by atoms with Crippen molar-refractivity contribution in [1.82, 2.24) is 9.88 Å². The van der Waals surface area contributed by atoms with E-state index in [-0.39, 0.29) is 12.0 Å². The molecule has 104 valence electrons. The average molecular weight is 327 g/mol. The predicted molar refractivity (Wildman–Crippen MR) is 77.1 cm³/mol. The number of hydrogen-bond acceptors (Lipinski definition) is 3. The number of carbonyl (C=O) groups excluding carboxylic acids is 1. The molecule has 1 fully saturated rings. The Labute approximate surface area is 122 Å². The Morgan fingerprint density at radius 3 is 3.21 bits per heavy atom. The fourth-order valence-corrected chi connectivity index (χ4v) is 2.68. The summed E-state index contributed by atoms with van der Waals surface area (Å²) in [6.07, 6.45) is 4.90. The Hall–Kier alpha value is -0.940. The van der Waals surface area contributed by atoms with Crippen molar-refractivity contribution in [2.24, 2.45) is 0 Å². The first-order valence-electron chi connectivity index (χ1n) is 6.73. The standard InChI is InChI=1S/C14H19BrN2O2/c1-2-9-19-11-5-4-8-17(10-11)14(18)12-6-3-7-16-13(12)15/h3,6-7,11H,2,4-5,8-10H2,1H3. The van der Waals surface area contributed by atoms with Crippen molar-refractivity contribution in [3.8, 4) is 0 Å². The van der Waals surface area contributed by atoms with Crippen LogP contribution in [-0.4, -0.2) is 41.6 Å². The van der Waals surface area contributed by atoms with Crippen LogP contribution in [0.3, 0.4) is 0 Å². The van der Waals surface area contributed by atoms with Crippen molar-refractivity contribution in [2.45, 2.75) is 32.3 Å². The normalized spacial score (nSPS) is 19.5. The smallest absolute Gasteiger partial charge is 0.256 e. The molecule has 0 radical (unpaired) electrons. The highest BCUT2D eigenvalue weighted by Gasteiger charge is 2.25. The lowest BCUT2D eigenvalue weighted by Gasteiger charge is -2.32. The van der Waals surface area contributed by atoms with E-state index in [4.69, 9.17) is 4.74 Å². The van der Waals surface area contributed by atoms with E-state index in [9.17, 15) is 4.79 Å². The van der Waals surface area contributed by atoms with Gasteiger partial charge in [-0.05, 0) is 47.3 Å². The number of amides is 1. The van der Waals surface area contributed by atoms with E-state index in [0.29, 0.717) is 16.7 Å². The minimum absolute atomic E-state index is 0.0322. The Balaban J connectivity index is 2.01. The van der Waals surface area contributed by atoms with Gasteiger partial charge in [0.2, 0.25) is 0 Å². The maximum absolute atomic E-state index is 12.4. The minimum Gasteiger partial charge on any atom is -0.376 e.